The van der Waals surface area contributed by atoms with Crippen molar-refractivity contribution in [1.82, 2.24) is 14.9 Å². The molecule has 0 spiro atoms. The Hall–Kier alpha value is -1.60. The molecule has 1 aliphatic rings. The van der Waals surface area contributed by atoms with Crippen LogP contribution >= 0.6 is 23.1 Å². The number of amides is 1. The highest BCUT2D eigenvalue weighted by atomic mass is 32.2. The molecule has 1 atom stereocenters. The molecule has 0 saturated heterocycles. The van der Waals surface area contributed by atoms with Crippen molar-refractivity contribution in [3.8, 4) is 0 Å². The second kappa shape index (κ2) is 9.27. The predicted molar refractivity (Wildman–Crippen MR) is 119 cm³/mol. The number of carbonyl (C=O) groups excluding carboxylic acids is 1. The van der Waals surface area contributed by atoms with Crippen LogP contribution in [0.5, 0.6) is 0 Å². The average Bonchev–Trinajstić information content (AvgIpc) is 3.03. The number of aryl methyl sites for hydroxylation is 2. The third-order valence-corrected chi connectivity index (χ3v) is 7.32. The van der Waals surface area contributed by atoms with E-state index in [4.69, 9.17) is 4.98 Å². The van der Waals surface area contributed by atoms with Crippen molar-refractivity contribution < 1.29 is 4.79 Å². The van der Waals surface area contributed by atoms with E-state index in [0.717, 1.165) is 35.9 Å². The van der Waals surface area contributed by atoms with Crippen LogP contribution in [0.15, 0.2) is 22.6 Å². The zero-order chi connectivity index (χ0) is 20.3. The minimum Gasteiger partial charge on any atom is -0.352 e. The zero-order valence-electron chi connectivity index (χ0n) is 16.9. The highest BCUT2D eigenvalue weighted by Gasteiger charge is 2.24. The summed E-state index contributed by atoms with van der Waals surface area (Å²) in [5.41, 5.74) is 1.28. The van der Waals surface area contributed by atoms with E-state index in [9.17, 15) is 9.59 Å². The Morgan fingerprint density at radius 2 is 2.11 bits per heavy atom. The Morgan fingerprint density at radius 3 is 2.82 bits per heavy atom. The van der Waals surface area contributed by atoms with Gasteiger partial charge in [0.25, 0.3) is 5.56 Å². The number of thioether (sulfide) groups is 1. The standard InChI is InChI=1S/C21H29N3O2S2/c1-5-11-22-18(25)14(4)27-21-23-19-17(15-8-6-7-9-16(15)28-19)20(26)24(21)12-10-13(2)3/h5,13-14H,1,6-12H2,2-4H3,(H,22,25)/t14-/m1/s1. The molecule has 28 heavy (non-hydrogen) atoms. The summed E-state index contributed by atoms with van der Waals surface area (Å²) in [7, 11) is 0. The lowest BCUT2D eigenvalue weighted by Crippen LogP contribution is -2.32. The molecule has 0 fully saturated rings. The number of fused-ring (bicyclic) bond motifs is 3. The number of aromatic nitrogens is 2. The number of nitrogens with zero attached hydrogens (tertiary/aromatic N) is 2. The molecule has 0 aliphatic heterocycles. The summed E-state index contributed by atoms with van der Waals surface area (Å²) in [6.07, 6.45) is 6.91. The van der Waals surface area contributed by atoms with Crippen LogP contribution in [-0.4, -0.2) is 27.3 Å². The van der Waals surface area contributed by atoms with E-state index in [1.165, 1.54) is 28.6 Å². The normalized spacial score (nSPS) is 14.9. The molecule has 1 amide bonds. The molecule has 1 aliphatic carbocycles. The third-order valence-electron chi connectivity index (χ3n) is 5.04. The number of nitrogens with one attached hydrogen (secondary N) is 1. The van der Waals surface area contributed by atoms with Gasteiger partial charge in [0.2, 0.25) is 5.91 Å². The van der Waals surface area contributed by atoms with Gasteiger partial charge in [0.15, 0.2) is 5.16 Å². The second-order valence-electron chi connectivity index (χ2n) is 7.72. The van der Waals surface area contributed by atoms with Gasteiger partial charge in [0, 0.05) is 18.0 Å². The molecule has 7 heteroatoms. The quantitative estimate of drug-likeness (QED) is 0.396. The fourth-order valence-electron chi connectivity index (χ4n) is 3.42. The fraction of sp³-hybridized carbons (Fsp3) is 0.571. The zero-order valence-corrected chi connectivity index (χ0v) is 18.5. The van der Waals surface area contributed by atoms with Crippen LogP contribution in [0.25, 0.3) is 10.2 Å². The molecule has 2 heterocycles. The van der Waals surface area contributed by atoms with Gasteiger partial charge in [0.1, 0.15) is 4.83 Å². The number of hydrogen-bond acceptors (Lipinski definition) is 5. The van der Waals surface area contributed by atoms with Gasteiger partial charge in [-0.3, -0.25) is 14.2 Å². The largest absolute Gasteiger partial charge is 0.352 e. The van der Waals surface area contributed by atoms with E-state index < -0.39 is 0 Å². The van der Waals surface area contributed by atoms with Crippen LogP contribution in [-0.2, 0) is 24.2 Å². The summed E-state index contributed by atoms with van der Waals surface area (Å²) >= 11 is 3.03. The van der Waals surface area contributed by atoms with Gasteiger partial charge in [-0.2, -0.15) is 0 Å². The minimum atomic E-state index is -0.329. The van der Waals surface area contributed by atoms with E-state index in [1.807, 2.05) is 6.92 Å². The smallest absolute Gasteiger partial charge is 0.263 e. The molecule has 0 saturated carbocycles. The van der Waals surface area contributed by atoms with Crippen LogP contribution in [0, 0.1) is 5.92 Å². The first kappa shape index (κ1) is 21.1. The molecule has 0 unspecified atom stereocenters. The molecule has 0 aromatic carbocycles. The van der Waals surface area contributed by atoms with Gasteiger partial charge >= 0.3 is 0 Å². The van der Waals surface area contributed by atoms with E-state index >= 15 is 0 Å². The average molecular weight is 420 g/mol. The van der Waals surface area contributed by atoms with Crippen molar-refractivity contribution in [1.29, 1.82) is 0 Å². The summed E-state index contributed by atoms with van der Waals surface area (Å²) in [6.45, 7) is 10.9. The highest BCUT2D eigenvalue weighted by molar-refractivity contribution is 8.00. The lowest BCUT2D eigenvalue weighted by Gasteiger charge is -2.16. The maximum atomic E-state index is 13.4. The van der Waals surface area contributed by atoms with E-state index in [2.05, 4.69) is 25.7 Å². The first-order chi connectivity index (χ1) is 13.4. The molecular formula is C21H29N3O2S2. The topological polar surface area (TPSA) is 64.0 Å². The van der Waals surface area contributed by atoms with Gasteiger partial charge in [0.05, 0.1) is 10.6 Å². The summed E-state index contributed by atoms with van der Waals surface area (Å²) in [5, 5.41) is 3.96. The first-order valence-electron chi connectivity index (χ1n) is 10.0. The molecule has 2 aromatic rings. The predicted octanol–water partition coefficient (Wildman–Crippen LogP) is 4.17. The highest BCUT2D eigenvalue weighted by Crippen LogP contribution is 2.35. The summed E-state index contributed by atoms with van der Waals surface area (Å²) in [5.74, 6) is 0.422. The number of thiophene rings is 1. The van der Waals surface area contributed by atoms with Crippen LogP contribution in [0.2, 0.25) is 0 Å². The lowest BCUT2D eigenvalue weighted by molar-refractivity contribution is -0.120. The number of carbonyl (C=O) groups is 1. The van der Waals surface area contributed by atoms with Gasteiger partial charge in [-0.25, -0.2) is 4.98 Å². The molecule has 0 radical (unpaired) electrons. The van der Waals surface area contributed by atoms with Crippen LogP contribution in [0.1, 0.15) is 50.5 Å². The number of hydrogen-bond donors (Lipinski definition) is 1. The summed E-state index contributed by atoms with van der Waals surface area (Å²) in [6, 6.07) is 0. The third kappa shape index (κ3) is 4.51. The Labute approximate surface area is 174 Å². The van der Waals surface area contributed by atoms with Crippen LogP contribution in [0.3, 0.4) is 0 Å². The number of rotatable bonds is 8. The van der Waals surface area contributed by atoms with Crippen molar-refractivity contribution in [3.63, 3.8) is 0 Å². The van der Waals surface area contributed by atoms with Crippen molar-refractivity contribution in [2.75, 3.05) is 6.54 Å². The molecule has 152 valence electrons. The van der Waals surface area contributed by atoms with Crippen molar-refractivity contribution in [3.05, 3.63) is 33.4 Å². The van der Waals surface area contributed by atoms with E-state index in [0.29, 0.717) is 24.2 Å². The Balaban J connectivity index is 2.01. The van der Waals surface area contributed by atoms with Crippen LogP contribution < -0.4 is 10.9 Å². The molecule has 0 bridgehead atoms. The van der Waals surface area contributed by atoms with E-state index in [1.54, 1.807) is 22.0 Å². The van der Waals surface area contributed by atoms with Gasteiger partial charge in [-0.1, -0.05) is 31.7 Å². The molecule has 1 N–H and O–H groups in total. The van der Waals surface area contributed by atoms with E-state index in [-0.39, 0.29) is 16.7 Å². The van der Waals surface area contributed by atoms with Gasteiger partial charge < -0.3 is 5.32 Å². The van der Waals surface area contributed by atoms with Crippen molar-refractivity contribution in [2.45, 2.75) is 69.8 Å². The first-order valence-corrected chi connectivity index (χ1v) is 11.7. The van der Waals surface area contributed by atoms with Crippen LogP contribution in [0.4, 0.5) is 0 Å². The SMILES string of the molecule is C=CCNC(=O)[C@@H](C)Sc1nc2sc3c(c2c(=O)n1CCC(C)C)CCCC3. The Morgan fingerprint density at radius 1 is 1.36 bits per heavy atom. The minimum absolute atomic E-state index is 0.0613. The maximum Gasteiger partial charge on any atom is 0.263 e. The van der Waals surface area contributed by atoms with Crippen molar-refractivity contribution >= 4 is 39.2 Å². The summed E-state index contributed by atoms with van der Waals surface area (Å²) < 4.78 is 1.80. The lowest BCUT2D eigenvalue weighted by atomic mass is 9.97. The maximum absolute atomic E-state index is 13.4. The van der Waals surface area contributed by atoms with Crippen molar-refractivity contribution in [2.24, 2.45) is 5.92 Å². The molecule has 3 rings (SSSR count). The van der Waals surface area contributed by atoms with Gasteiger partial charge in [-0.05, 0) is 50.5 Å². The summed E-state index contributed by atoms with van der Waals surface area (Å²) in [4.78, 5) is 32.7. The molecule has 5 nitrogen and oxygen atoms in total. The Kier molecular flexibility index (Phi) is 6.99. The van der Waals surface area contributed by atoms with Gasteiger partial charge in [-0.15, -0.1) is 17.9 Å². The molecule has 2 aromatic heterocycles. The second-order valence-corrected chi connectivity index (χ2v) is 10.1. The Bertz CT molecular complexity index is 930. The fourth-order valence-corrected chi connectivity index (χ4v) is 5.68. The monoisotopic (exact) mass is 419 g/mol. The molecular weight excluding hydrogens is 390 g/mol.